The number of alkyl halides is 3. The van der Waals surface area contributed by atoms with Crippen LogP contribution in [-0.2, 0) is 24.4 Å². The van der Waals surface area contributed by atoms with Crippen molar-refractivity contribution in [2.75, 3.05) is 31.6 Å². The van der Waals surface area contributed by atoms with Gasteiger partial charge >= 0.3 is 6.18 Å². The molecule has 2 N–H and O–H groups in total. The second-order valence-corrected chi connectivity index (χ2v) is 7.25. The molecule has 0 aromatic heterocycles. The molecule has 2 aromatic rings. The highest BCUT2D eigenvalue weighted by atomic mass is 127. The summed E-state index contributed by atoms with van der Waals surface area (Å²) >= 11 is 0. The first-order valence-corrected chi connectivity index (χ1v) is 10.1. The molecule has 0 bridgehead atoms. The Kier molecular flexibility index (Phi) is 10.3. The van der Waals surface area contributed by atoms with Gasteiger partial charge < -0.3 is 20.3 Å². The number of aliphatic imine (C=N–C) groups is 1. The van der Waals surface area contributed by atoms with E-state index in [2.05, 4.69) is 61.7 Å². The maximum Gasteiger partial charge on any atom is 0.411 e. The number of hydrogen-bond donors (Lipinski definition) is 2. The Morgan fingerprint density at radius 3 is 2.22 bits per heavy atom. The molecular weight excluding hydrogens is 532 g/mol. The topological polar surface area (TPSA) is 48.9 Å². The Bertz CT molecular complexity index is 893. The minimum absolute atomic E-state index is 0. The molecule has 0 aliphatic carbocycles. The smallest absolute Gasteiger partial charge is 0.367 e. The molecule has 5 nitrogen and oxygen atoms in total. The zero-order chi connectivity index (χ0) is 22.1. The quantitative estimate of drug-likeness (QED) is 0.214. The third-order valence-electron chi connectivity index (χ3n) is 4.79. The highest BCUT2D eigenvalue weighted by molar-refractivity contribution is 14.0. The van der Waals surface area contributed by atoms with Gasteiger partial charge in [-0.15, -0.1) is 24.0 Å². The van der Waals surface area contributed by atoms with Crippen LogP contribution >= 0.6 is 24.0 Å². The molecular formula is C23H28F3IN4O. The highest BCUT2D eigenvalue weighted by Gasteiger charge is 2.27. The maximum absolute atomic E-state index is 12.1. The highest BCUT2D eigenvalue weighted by Crippen LogP contribution is 2.18. The molecule has 1 aliphatic rings. The fraction of sp³-hybridized carbons (Fsp3) is 0.348. The van der Waals surface area contributed by atoms with Gasteiger partial charge in [0.1, 0.15) is 6.61 Å². The van der Waals surface area contributed by atoms with Crippen LogP contribution in [0.5, 0.6) is 0 Å². The lowest BCUT2D eigenvalue weighted by atomic mass is 10.1. The summed E-state index contributed by atoms with van der Waals surface area (Å²) in [5.41, 5.74) is 4.05. The summed E-state index contributed by atoms with van der Waals surface area (Å²) in [7, 11) is 1.71. The first-order valence-electron chi connectivity index (χ1n) is 10.1. The average Bonchev–Trinajstić information content (AvgIpc) is 3.29. The Balaban J connectivity index is 0.00000363. The van der Waals surface area contributed by atoms with Gasteiger partial charge in [-0.3, -0.25) is 4.99 Å². The van der Waals surface area contributed by atoms with Crippen molar-refractivity contribution in [2.24, 2.45) is 4.99 Å². The Hall–Kier alpha value is -2.27. The minimum Gasteiger partial charge on any atom is -0.367 e. The molecule has 1 heterocycles. The molecule has 9 heteroatoms. The zero-order valence-corrected chi connectivity index (χ0v) is 20.2. The van der Waals surface area contributed by atoms with E-state index < -0.39 is 12.8 Å². The van der Waals surface area contributed by atoms with Gasteiger partial charge in [-0.2, -0.15) is 13.2 Å². The van der Waals surface area contributed by atoms with Gasteiger partial charge in [-0.05, 0) is 28.8 Å². The van der Waals surface area contributed by atoms with Crippen LogP contribution in [-0.4, -0.2) is 38.9 Å². The summed E-state index contributed by atoms with van der Waals surface area (Å²) in [6.07, 6.45) is 0.0248. The Morgan fingerprint density at radius 2 is 1.59 bits per heavy atom. The van der Waals surface area contributed by atoms with E-state index in [1.54, 1.807) is 19.2 Å². The van der Waals surface area contributed by atoms with Crippen LogP contribution in [0.2, 0.25) is 0 Å². The van der Waals surface area contributed by atoms with Crippen molar-refractivity contribution >= 4 is 35.6 Å². The number of benzene rings is 2. The van der Waals surface area contributed by atoms with Gasteiger partial charge in [0.2, 0.25) is 0 Å². The number of nitrogens with zero attached hydrogens (tertiary/aromatic N) is 2. The molecule has 32 heavy (non-hydrogen) atoms. The van der Waals surface area contributed by atoms with Crippen molar-refractivity contribution in [1.82, 2.24) is 10.6 Å². The monoisotopic (exact) mass is 560 g/mol. The predicted molar refractivity (Wildman–Crippen MR) is 132 cm³/mol. The molecule has 0 unspecified atom stereocenters. The number of rotatable bonds is 8. The van der Waals surface area contributed by atoms with E-state index in [1.165, 1.54) is 5.69 Å². The number of guanidine groups is 1. The van der Waals surface area contributed by atoms with Gasteiger partial charge in [0.25, 0.3) is 0 Å². The van der Waals surface area contributed by atoms with E-state index in [9.17, 15) is 13.2 Å². The van der Waals surface area contributed by atoms with Gasteiger partial charge in [-0.25, -0.2) is 0 Å². The van der Waals surface area contributed by atoms with Crippen LogP contribution < -0.4 is 15.5 Å². The molecule has 0 spiro atoms. The summed E-state index contributed by atoms with van der Waals surface area (Å²) in [4.78, 5) is 6.55. The van der Waals surface area contributed by atoms with E-state index in [0.29, 0.717) is 24.6 Å². The van der Waals surface area contributed by atoms with Crippen molar-refractivity contribution in [1.29, 1.82) is 0 Å². The van der Waals surface area contributed by atoms with Crippen molar-refractivity contribution in [3.05, 3.63) is 77.4 Å². The third kappa shape index (κ3) is 8.70. The molecule has 2 aromatic carbocycles. The van der Waals surface area contributed by atoms with Crippen molar-refractivity contribution < 1.29 is 17.9 Å². The van der Waals surface area contributed by atoms with Crippen LogP contribution in [0.1, 0.15) is 16.7 Å². The summed E-state index contributed by atoms with van der Waals surface area (Å²) in [5, 5.41) is 6.55. The molecule has 0 saturated heterocycles. The van der Waals surface area contributed by atoms with Crippen molar-refractivity contribution in [2.45, 2.75) is 25.9 Å². The molecule has 0 fully saturated rings. The van der Waals surface area contributed by atoms with Gasteiger partial charge in [0.15, 0.2) is 5.96 Å². The molecule has 0 saturated carbocycles. The minimum atomic E-state index is -4.31. The SMILES string of the molecule is CN=C(NCc1ccc(COCC(F)(F)F)cc1)NCc1cccc(N2CC=CC2)c1.I. The number of nitrogens with one attached hydrogen (secondary N) is 2. The standard InChI is InChI=1S/C23H27F3N4O.HI/c1-27-22(29-15-20-5-4-6-21(13-20)30-11-2-3-12-30)28-14-18-7-9-19(10-8-18)16-31-17-23(24,25)26;/h2-10,13H,11-12,14-17H2,1H3,(H2,27,28,29);1H. The molecule has 0 radical (unpaired) electrons. The first kappa shape index (κ1) is 26.0. The summed E-state index contributed by atoms with van der Waals surface area (Å²) in [5.74, 6) is 0.672. The van der Waals surface area contributed by atoms with E-state index >= 15 is 0 Å². The van der Waals surface area contributed by atoms with E-state index in [-0.39, 0.29) is 30.6 Å². The number of hydrogen-bond acceptors (Lipinski definition) is 3. The molecule has 1 aliphatic heterocycles. The molecule has 3 rings (SSSR count). The molecule has 0 amide bonds. The average molecular weight is 560 g/mol. The van der Waals surface area contributed by atoms with Crippen molar-refractivity contribution in [3.63, 3.8) is 0 Å². The lowest BCUT2D eigenvalue weighted by Gasteiger charge is -2.19. The second-order valence-electron chi connectivity index (χ2n) is 7.25. The summed E-state index contributed by atoms with van der Waals surface area (Å²) in [6, 6.07) is 15.7. The Labute approximate surface area is 203 Å². The third-order valence-corrected chi connectivity index (χ3v) is 4.79. The molecule has 0 atom stereocenters. The normalized spacial score (nSPS) is 13.8. The summed E-state index contributed by atoms with van der Waals surface area (Å²) < 4.78 is 41.1. The van der Waals surface area contributed by atoms with Gasteiger partial charge in [0.05, 0.1) is 6.61 Å². The lowest BCUT2D eigenvalue weighted by Crippen LogP contribution is -2.36. The number of halogens is 4. The van der Waals surface area contributed by atoms with Crippen LogP contribution in [0.15, 0.2) is 65.7 Å². The Morgan fingerprint density at radius 1 is 0.969 bits per heavy atom. The van der Waals surface area contributed by atoms with Crippen LogP contribution in [0, 0.1) is 0 Å². The maximum atomic E-state index is 12.1. The lowest BCUT2D eigenvalue weighted by molar-refractivity contribution is -0.176. The summed E-state index contributed by atoms with van der Waals surface area (Å²) in [6.45, 7) is 1.76. The zero-order valence-electron chi connectivity index (χ0n) is 17.9. The predicted octanol–water partition coefficient (Wildman–Crippen LogP) is 4.62. The van der Waals surface area contributed by atoms with E-state index in [1.807, 2.05) is 12.1 Å². The second kappa shape index (κ2) is 12.7. The fourth-order valence-electron chi connectivity index (χ4n) is 3.18. The van der Waals surface area contributed by atoms with Crippen molar-refractivity contribution in [3.8, 4) is 0 Å². The molecule has 174 valence electrons. The van der Waals surface area contributed by atoms with Crippen LogP contribution in [0.4, 0.5) is 18.9 Å². The fourth-order valence-corrected chi connectivity index (χ4v) is 3.18. The van der Waals surface area contributed by atoms with Crippen LogP contribution in [0.25, 0.3) is 0 Å². The number of ether oxygens (including phenoxy) is 1. The number of anilines is 1. The van der Waals surface area contributed by atoms with Gasteiger partial charge in [0, 0.05) is 38.9 Å². The van der Waals surface area contributed by atoms with E-state index in [0.717, 1.165) is 24.2 Å². The van der Waals surface area contributed by atoms with Gasteiger partial charge in [-0.1, -0.05) is 48.6 Å². The largest absolute Gasteiger partial charge is 0.411 e. The van der Waals surface area contributed by atoms with Crippen LogP contribution in [0.3, 0.4) is 0 Å². The van der Waals surface area contributed by atoms with E-state index in [4.69, 9.17) is 0 Å². The first-order chi connectivity index (χ1) is 14.9.